The molecule has 0 radical (unpaired) electrons. The Kier molecular flexibility index (Phi) is 4.21. The van der Waals surface area contributed by atoms with E-state index in [1.54, 1.807) is 23.9 Å². The van der Waals surface area contributed by atoms with Crippen LogP contribution in [0.1, 0.15) is 31.2 Å². The maximum absolute atomic E-state index is 10.7. The van der Waals surface area contributed by atoms with Gasteiger partial charge in [0.15, 0.2) is 0 Å². The Labute approximate surface area is 110 Å². The largest absolute Gasteiger partial charge is 0.287 e. The number of nitro groups is 1. The minimum atomic E-state index is -0.510. The molecular formula is C13H14N2O2S. The molecule has 0 unspecified atom stereocenters. The quantitative estimate of drug-likeness (QED) is 0.471. The third-order valence-electron chi connectivity index (χ3n) is 3.25. The average Bonchev–Trinajstić information content (AvgIpc) is 2.88. The topological polar surface area (TPSA) is 66.9 Å². The highest BCUT2D eigenvalue weighted by Crippen LogP contribution is 2.32. The van der Waals surface area contributed by atoms with Gasteiger partial charge in [-0.25, -0.2) is 0 Å². The molecule has 2 rings (SSSR count). The second-order valence-electron chi connectivity index (χ2n) is 4.51. The summed E-state index contributed by atoms with van der Waals surface area (Å²) in [4.78, 5) is 11.1. The third kappa shape index (κ3) is 3.02. The lowest BCUT2D eigenvalue weighted by Gasteiger charge is -2.08. The Morgan fingerprint density at radius 3 is 2.78 bits per heavy atom. The molecule has 1 aromatic carbocycles. The van der Waals surface area contributed by atoms with Crippen LogP contribution in [0.4, 0.5) is 5.69 Å². The molecule has 0 atom stereocenters. The lowest BCUT2D eigenvalue weighted by molar-refractivity contribution is -0.385. The summed E-state index contributed by atoms with van der Waals surface area (Å²) in [5.74, 6) is 1.80. The highest BCUT2D eigenvalue weighted by Gasteiger charge is 2.17. The fraction of sp³-hybridized carbons (Fsp3) is 0.462. The van der Waals surface area contributed by atoms with E-state index in [4.69, 9.17) is 5.26 Å². The molecule has 0 N–H and O–H groups in total. The molecule has 0 saturated heterocycles. The molecular weight excluding hydrogens is 248 g/mol. The standard InChI is InChI=1S/C13H14N2O2S/c14-8-11-7-12(5-6-13(11)15(16)17)18-9-10-3-1-2-4-10/h5-7,10H,1-4,9H2. The molecule has 1 aliphatic rings. The Balaban J connectivity index is 2.05. The second kappa shape index (κ2) is 5.87. The summed E-state index contributed by atoms with van der Waals surface area (Å²) in [6, 6.07) is 6.67. The van der Waals surface area contributed by atoms with Crippen molar-refractivity contribution in [3.8, 4) is 6.07 Å². The van der Waals surface area contributed by atoms with Crippen molar-refractivity contribution in [2.24, 2.45) is 5.92 Å². The van der Waals surface area contributed by atoms with Gasteiger partial charge in [0.1, 0.15) is 11.6 Å². The smallest absolute Gasteiger partial charge is 0.258 e. The van der Waals surface area contributed by atoms with E-state index in [9.17, 15) is 10.1 Å². The zero-order valence-corrected chi connectivity index (χ0v) is 10.8. The van der Waals surface area contributed by atoms with Crippen LogP contribution in [-0.2, 0) is 0 Å². The number of rotatable bonds is 4. The summed E-state index contributed by atoms with van der Waals surface area (Å²) in [5, 5.41) is 19.6. The molecule has 1 saturated carbocycles. The summed E-state index contributed by atoms with van der Waals surface area (Å²) < 4.78 is 0. The third-order valence-corrected chi connectivity index (χ3v) is 4.47. The first kappa shape index (κ1) is 12.9. The van der Waals surface area contributed by atoms with Gasteiger partial charge in [0.25, 0.3) is 5.69 Å². The molecule has 1 fully saturated rings. The van der Waals surface area contributed by atoms with Crippen molar-refractivity contribution in [3.63, 3.8) is 0 Å². The first-order valence-electron chi connectivity index (χ1n) is 6.02. The van der Waals surface area contributed by atoms with E-state index in [-0.39, 0.29) is 11.3 Å². The molecule has 1 aromatic rings. The number of benzene rings is 1. The van der Waals surface area contributed by atoms with Gasteiger partial charge in [-0.15, -0.1) is 11.8 Å². The van der Waals surface area contributed by atoms with Gasteiger partial charge in [0.2, 0.25) is 0 Å². The van der Waals surface area contributed by atoms with Crippen LogP contribution in [0, 0.1) is 27.4 Å². The maximum atomic E-state index is 10.7. The Bertz CT molecular complexity index is 490. The number of hydrogen-bond donors (Lipinski definition) is 0. The highest BCUT2D eigenvalue weighted by molar-refractivity contribution is 7.99. The van der Waals surface area contributed by atoms with Crippen LogP contribution in [0.5, 0.6) is 0 Å². The van der Waals surface area contributed by atoms with Gasteiger partial charge < -0.3 is 0 Å². The summed E-state index contributed by atoms with van der Waals surface area (Å²) in [6.45, 7) is 0. The number of nitriles is 1. The Hall–Kier alpha value is -1.54. The molecule has 4 nitrogen and oxygen atoms in total. The van der Waals surface area contributed by atoms with Crippen LogP contribution >= 0.6 is 11.8 Å². The van der Waals surface area contributed by atoms with Gasteiger partial charge >= 0.3 is 0 Å². The van der Waals surface area contributed by atoms with E-state index in [0.29, 0.717) is 0 Å². The molecule has 1 aliphatic carbocycles. The van der Waals surface area contributed by atoms with Gasteiger partial charge in [-0.05, 0) is 30.9 Å². The average molecular weight is 262 g/mol. The normalized spacial score (nSPS) is 15.5. The molecule has 5 heteroatoms. The first-order valence-corrected chi connectivity index (χ1v) is 7.00. The minimum absolute atomic E-state index is 0.109. The van der Waals surface area contributed by atoms with Crippen molar-refractivity contribution in [1.82, 2.24) is 0 Å². The maximum Gasteiger partial charge on any atom is 0.287 e. The summed E-state index contributed by atoms with van der Waals surface area (Å²) >= 11 is 1.69. The number of hydrogen-bond acceptors (Lipinski definition) is 4. The molecule has 94 valence electrons. The van der Waals surface area contributed by atoms with Crippen LogP contribution in [0.15, 0.2) is 23.1 Å². The van der Waals surface area contributed by atoms with Crippen molar-refractivity contribution in [2.45, 2.75) is 30.6 Å². The Morgan fingerprint density at radius 1 is 1.44 bits per heavy atom. The number of nitrogens with zero attached hydrogens (tertiary/aromatic N) is 2. The summed E-state index contributed by atoms with van der Waals surface area (Å²) in [5.41, 5.74) is 0.0409. The molecule has 18 heavy (non-hydrogen) atoms. The second-order valence-corrected chi connectivity index (χ2v) is 5.60. The van der Waals surface area contributed by atoms with Gasteiger partial charge in [-0.1, -0.05) is 12.8 Å². The van der Waals surface area contributed by atoms with Crippen molar-refractivity contribution in [2.75, 3.05) is 5.75 Å². The van der Waals surface area contributed by atoms with Crippen LogP contribution in [0.25, 0.3) is 0 Å². The monoisotopic (exact) mass is 262 g/mol. The molecule has 0 heterocycles. The van der Waals surface area contributed by atoms with Gasteiger partial charge in [0, 0.05) is 16.7 Å². The van der Waals surface area contributed by atoms with Crippen molar-refractivity contribution < 1.29 is 4.92 Å². The van der Waals surface area contributed by atoms with E-state index in [0.717, 1.165) is 16.6 Å². The molecule has 0 aromatic heterocycles. The lowest BCUT2D eigenvalue weighted by Crippen LogP contribution is -1.97. The molecule has 0 aliphatic heterocycles. The van der Waals surface area contributed by atoms with E-state index < -0.39 is 4.92 Å². The zero-order chi connectivity index (χ0) is 13.0. The molecule has 0 bridgehead atoms. The predicted molar refractivity (Wildman–Crippen MR) is 70.5 cm³/mol. The van der Waals surface area contributed by atoms with E-state index >= 15 is 0 Å². The van der Waals surface area contributed by atoms with E-state index in [2.05, 4.69) is 0 Å². The van der Waals surface area contributed by atoms with Crippen molar-refractivity contribution >= 4 is 17.4 Å². The highest BCUT2D eigenvalue weighted by atomic mass is 32.2. The fourth-order valence-electron chi connectivity index (χ4n) is 2.24. The zero-order valence-electron chi connectivity index (χ0n) is 9.96. The molecule has 0 spiro atoms. The van der Waals surface area contributed by atoms with Crippen LogP contribution in [-0.4, -0.2) is 10.7 Å². The SMILES string of the molecule is N#Cc1cc(SCC2CCCC2)ccc1[N+](=O)[O-]. The minimum Gasteiger partial charge on any atom is -0.258 e. The number of nitro benzene ring substituents is 1. The van der Waals surface area contributed by atoms with Crippen LogP contribution in [0.2, 0.25) is 0 Å². The Morgan fingerprint density at radius 2 is 2.17 bits per heavy atom. The lowest BCUT2D eigenvalue weighted by atomic mass is 10.1. The van der Waals surface area contributed by atoms with Crippen LogP contribution in [0.3, 0.4) is 0 Å². The van der Waals surface area contributed by atoms with Gasteiger partial charge in [-0.2, -0.15) is 5.26 Å². The van der Waals surface area contributed by atoms with E-state index in [1.165, 1.54) is 31.7 Å². The van der Waals surface area contributed by atoms with Gasteiger partial charge in [0.05, 0.1) is 4.92 Å². The summed E-state index contributed by atoms with van der Waals surface area (Å²) in [7, 11) is 0. The first-order chi connectivity index (χ1) is 8.70. The van der Waals surface area contributed by atoms with Gasteiger partial charge in [-0.3, -0.25) is 10.1 Å². The van der Waals surface area contributed by atoms with E-state index in [1.807, 2.05) is 6.07 Å². The molecule has 0 amide bonds. The van der Waals surface area contributed by atoms with Crippen LogP contribution < -0.4 is 0 Å². The summed E-state index contributed by atoms with van der Waals surface area (Å²) in [6.07, 6.45) is 5.19. The number of thioether (sulfide) groups is 1. The van der Waals surface area contributed by atoms with Crippen molar-refractivity contribution in [1.29, 1.82) is 5.26 Å². The van der Waals surface area contributed by atoms with Crippen molar-refractivity contribution in [3.05, 3.63) is 33.9 Å². The fourth-order valence-corrected chi connectivity index (χ4v) is 3.37. The predicted octanol–water partition coefficient (Wildman–Crippen LogP) is 3.75.